The second-order valence-electron chi connectivity index (χ2n) is 4.25. The number of nitrogens with one attached hydrogen (secondary N) is 1. The Hall–Kier alpha value is -2.44. The maximum absolute atomic E-state index is 11.5. The van der Waals surface area contributed by atoms with E-state index in [2.05, 4.69) is 9.97 Å². The van der Waals surface area contributed by atoms with Crippen molar-refractivity contribution in [3.8, 4) is 5.75 Å². The minimum absolute atomic E-state index is 0.00715. The van der Waals surface area contributed by atoms with Crippen molar-refractivity contribution in [3.63, 3.8) is 0 Å². The number of anilines is 3. The molecule has 0 aliphatic carbocycles. The van der Waals surface area contributed by atoms with E-state index < -0.39 is 5.56 Å². The summed E-state index contributed by atoms with van der Waals surface area (Å²) in [4.78, 5) is 20.4. The van der Waals surface area contributed by atoms with E-state index in [1.54, 1.807) is 6.20 Å². The van der Waals surface area contributed by atoms with Crippen LogP contribution in [0.4, 0.5) is 17.2 Å². The van der Waals surface area contributed by atoms with Crippen molar-refractivity contribution in [1.29, 1.82) is 0 Å². The highest BCUT2D eigenvalue weighted by Gasteiger charge is 2.22. The third kappa shape index (κ3) is 1.30. The van der Waals surface area contributed by atoms with Crippen LogP contribution in [0.25, 0.3) is 10.9 Å². The van der Waals surface area contributed by atoms with E-state index in [9.17, 15) is 4.79 Å². The van der Waals surface area contributed by atoms with Gasteiger partial charge in [-0.15, -0.1) is 0 Å². The molecule has 0 spiro atoms. The average molecular weight is 247 g/mol. The number of pyridine rings is 2. The van der Waals surface area contributed by atoms with Gasteiger partial charge in [-0.1, -0.05) is 0 Å². The van der Waals surface area contributed by atoms with Gasteiger partial charge in [0.15, 0.2) is 11.6 Å². The van der Waals surface area contributed by atoms with Gasteiger partial charge in [-0.05, 0) is 0 Å². The van der Waals surface area contributed by atoms with E-state index in [0.29, 0.717) is 29.1 Å². The minimum Gasteiger partial charge on any atom is -0.487 e. The van der Waals surface area contributed by atoms with Crippen LogP contribution < -0.4 is 26.7 Å². The summed E-state index contributed by atoms with van der Waals surface area (Å²) >= 11 is 0. The number of nitrogens with two attached hydrogens (primary N) is 2. The largest absolute Gasteiger partial charge is 0.487 e. The number of hydrogen-bond acceptors (Lipinski definition) is 6. The number of H-pyrrole nitrogens is 1. The standard InChI is InChI=1S/C11H13N5O2/c1-16-2-3-18-9-6-5(4-14-10(9)16)15-11(17)8(13)7(6)12/h4H,2-3,13H2,1H3,(H3,12,15,17). The molecule has 0 saturated heterocycles. The Morgan fingerprint density at radius 2 is 2.22 bits per heavy atom. The van der Waals surface area contributed by atoms with Crippen LogP contribution in [-0.4, -0.2) is 30.2 Å². The summed E-state index contributed by atoms with van der Waals surface area (Å²) in [5, 5.41) is 0.614. The van der Waals surface area contributed by atoms with Gasteiger partial charge in [0.1, 0.15) is 12.3 Å². The molecule has 3 rings (SSSR count). The summed E-state index contributed by atoms with van der Waals surface area (Å²) in [5.74, 6) is 1.27. The lowest BCUT2D eigenvalue weighted by Gasteiger charge is -2.27. The maximum atomic E-state index is 11.5. The van der Waals surface area contributed by atoms with Crippen LogP contribution in [-0.2, 0) is 0 Å². The number of fused-ring (bicyclic) bond motifs is 3. The Kier molecular flexibility index (Phi) is 2.09. The zero-order valence-corrected chi connectivity index (χ0v) is 9.86. The Labute approximate surface area is 102 Å². The van der Waals surface area contributed by atoms with Crippen molar-refractivity contribution in [3.05, 3.63) is 16.6 Å². The molecule has 1 aliphatic heterocycles. The first-order chi connectivity index (χ1) is 8.59. The molecular formula is C11H13N5O2. The van der Waals surface area contributed by atoms with Crippen LogP contribution in [0, 0.1) is 0 Å². The van der Waals surface area contributed by atoms with Crippen LogP contribution in [0.3, 0.4) is 0 Å². The first-order valence-corrected chi connectivity index (χ1v) is 5.53. The summed E-state index contributed by atoms with van der Waals surface area (Å²) < 4.78 is 5.62. The Bertz CT molecular complexity index is 694. The van der Waals surface area contributed by atoms with Gasteiger partial charge in [0.2, 0.25) is 0 Å². The summed E-state index contributed by atoms with van der Waals surface area (Å²) in [6.07, 6.45) is 1.57. The van der Waals surface area contributed by atoms with Crippen LogP contribution in [0.1, 0.15) is 0 Å². The number of aromatic nitrogens is 2. The highest BCUT2D eigenvalue weighted by Crippen LogP contribution is 2.38. The van der Waals surface area contributed by atoms with Crippen molar-refractivity contribution in [2.45, 2.75) is 0 Å². The number of aromatic amines is 1. The van der Waals surface area contributed by atoms with E-state index in [1.165, 1.54) is 0 Å². The fourth-order valence-corrected chi connectivity index (χ4v) is 2.09. The van der Waals surface area contributed by atoms with Crippen molar-refractivity contribution in [2.24, 2.45) is 0 Å². The number of rotatable bonds is 0. The molecule has 18 heavy (non-hydrogen) atoms. The Morgan fingerprint density at radius 3 is 3.00 bits per heavy atom. The smallest absolute Gasteiger partial charge is 0.273 e. The molecule has 0 atom stereocenters. The molecule has 0 aromatic carbocycles. The van der Waals surface area contributed by atoms with E-state index in [-0.39, 0.29) is 11.4 Å². The van der Waals surface area contributed by atoms with Crippen LogP contribution in [0.15, 0.2) is 11.0 Å². The van der Waals surface area contributed by atoms with Crippen molar-refractivity contribution in [2.75, 3.05) is 36.6 Å². The van der Waals surface area contributed by atoms with E-state index in [0.717, 1.165) is 6.54 Å². The lowest BCUT2D eigenvalue weighted by Crippen LogP contribution is -2.30. The summed E-state index contributed by atoms with van der Waals surface area (Å²) in [6, 6.07) is 0. The van der Waals surface area contributed by atoms with Gasteiger partial charge in [-0.3, -0.25) is 4.79 Å². The molecule has 7 nitrogen and oxygen atoms in total. The summed E-state index contributed by atoms with van der Waals surface area (Å²) in [7, 11) is 1.92. The third-order valence-electron chi connectivity index (χ3n) is 3.10. The second kappa shape index (κ2) is 3.52. The molecule has 2 aromatic heterocycles. The number of nitrogen functional groups attached to an aromatic ring is 2. The fraction of sp³-hybridized carbons (Fsp3) is 0.273. The predicted octanol–water partition coefficient (Wildman–Crippen LogP) is -0.0839. The zero-order valence-electron chi connectivity index (χ0n) is 9.86. The van der Waals surface area contributed by atoms with Gasteiger partial charge in [-0.25, -0.2) is 4.98 Å². The zero-order chi connectivity index (χ0) is 12.9. The molecule has 0 saturated carbocycles. The number of nitrogens with zero attached hydrogens (tertiary/aromatic N) is 2. The van der Waals surface area contributed by atoms with Gasteiger partial charge in [0.05, 0.1) is 29.3 Å². The molecule has 3 heterocycles. The van der Waals surface area contributed by atoms with Gasteiger partial charge in [0.25, 0.3) is 5.56 Å². The van der Waals surface area contributed by atoms with Crippen molar-refractivity contribution < 1.29 is 4.74 Å². The van der Waals surface area contributed by atoms with Crippen LogP contribution in [0.5, 0.6) is 5.75 Å². The van der Waals surface area contributed by atoms with Gasteiger partial charge in [-0.2, -0.15) is 0 Å². The van der Waals surface area contributed by atoms with Gasteiger partial charge < -0.3 is 26.1 Å². The molecule has 0 unspecified atom stereocenters. The Morgan fingerprint density at radius 1 is 1.44 bits per heavy atom. The van der Waals surface area contributed by atoms with E-state index in [4.69, 9.17) is 16.2 Å². The van der Waals surface area contributed by atoms with E-state index in [1.807, 2.05) is 11.9 Å². The predicted molar refractivity (Wildman–Crippen MR) is 70.0 cm³/mol. The summed E-state index contributed by atoms with van der Waals surface area (Å²) in [6.45, 7) is 1.30. The first-order valence-electron chi connectivity index (χ1n) is 5.53. The highest BCUT2D eigenvalue weighted by atomic mass is 16.5. The van der Waals surface area contributed by atoms with E-state index >= 15 is 0 Å². The molecule has 0 radical (unpaired) electrons. The topological polar surface area (TPSA) is 110 Å². The molecule has 2 aromatic rings. The molecule has 5 N–H and O–H groups in total. The fourth-order valence-electron chi connectivity index (χ4n) is 2.09. The maximum Gasteiger partial charge on any atom is 0.273 e. The quantitative estimate of drug-likeness (QED) is 0.600. The third-order valence-corrected chi connectivity index (χ3v) is 3.10. The lowest BCUT2D eigenvalue weighted by atomic mass is 10.1. The molecule has 0 amide bonds. The molecule has 0 bridgehead atoms. The minimum atomic E-state index is -0.411. The molecule has 94 valence electrons. The Balaban J connectivity index is 2.45. The van der Waals surface area contributed by atoms with Gasteiger partial charge >= 0.3 is 0 Å². The number of ether oxygens (including phenoxy) is 1. The molecular weight excluding hydrogens is 234 g/mol. The number of likely N-dealkylation sites (N-methyl/N-ethyl adjacent to an activating group) is 1. The average Bonchev–Trinajstić information content (AvgIpc) is 2.36. The van der Waals surface area contributed by atoms with Crippen molar-refractivity contribution >= 4 is 28.1 Å². The second-order valence-corrected chi connectivity index (χ2v) is 4.25. The SMILES string of the molecule is CN1CCOc2c1ncc1[nH]c(=O)c(N)c(N)c21. The van der Waals surface area contributed by atoms with Crippen LogP contribution >= 0.6 is 0 Å². The number of hydrogen-bond donors (Lipinski definition) is 3. The normalized spacial score (nSPS) is 14.4. The monoisotopic (exact) mass is 247 g/mol. The lowest BCUT2D eigenvalue weighted by molar-refractivity contribution is 0.313. The highest BCUT2D eigenvalue weighted by molar-refractivity contribution is 6.02. The molecule has 0 fully saturated rings. The summed E-state index contributed by atoms with van der Waals surface area (Å²) in [5.41, 5.74) is 11.9. The molecule has 1 aliphatic rings. The van der Waals surface area contributed by atoms with Crippen molar-refractivity contribution in [1.82, 2.24) is 9.97 Å². The molecule has 7 heteroatoms. The van der Waals surface area contributed by atoms with Gasteiger partial charge in [0, 0.05) is 7.05 Å². The first kappa shape index (κ1) is 10.7. The van der Waals surface area contributed by atoms with Crippen LogP contribution in [0.2, 0.25) is 0 Å².